The number of sulfone groups is 1. The zero-order chi connectivity index (χ0) is 24.6. The molecule has 2 aliphatic rings. The van der Waals surface area contributed by atoms with Gasteiger partial charge >= 0.3 is 0 Å². The predicted molar refractivity (Wildman–Crippen MR) is 132 cm³/mol. The van der Waals surface area contributed by atoms with E-state index in [1.54, 1.807) is 18.2 Å². The molecular formula is C25H28N4O5S. The quantitative estimate of drug-likeness (QED) is 0.574. The van der Waals surface area contributed by atoms with Gasteiger partial charge in [-0.1, -0.05) is 12.1 Å². The van der Waals surface area contributed by atoms with E-state index in [4.69, 9.17) is 9.47 Å². The average molecular weight is 497 g/mol. The molecule has 0 aliphatic carbocycles. The number of piperidine rings is 1. The summed E-state index contributed by atoms with van der Waals surface area (Å²) >= 11 is 0. The third kappa shape index (κ3) is 5.02. The van der Waals surface area contributed by atoms with Crippen molar-refractivity contribution in [1.29, 1.82) is 0 Å². The second kappa shape index (κ2) is 9.33. The number of aromatic nitrogens is 2. The van der Waals surface area contributed by atoms with E-state index in [-0.39, 0.29) is 22.8 Å². The van der Waals surface area contributed by atoms with Gasteiger partial charge in [0.05, 0.1) is 28.6 Å². The summed E-state index contributed by atoms with van der Waals surface area (Å²) in [4.78, 5) is 24.5. The van der Waals surface area contributed by atoms with Crippen LogP contribution in [0.4, 0.5) is 5.95 Å². The SMILES string of the molecule is Cc1nc(N2CCCC(C(=O)NCC3COc4ccccc4O3)C2)nc2cc(S(C)(=O)=O)ccc12. The van der Waals surface area contributed by atoms with E-state index in [1.807, 2.05) is 36.1 Å². The number of ether oxygens (including phenoxy) is 2. The standard InChI is InChI=1S/C25H28N4O5S/c1-16-20-10-9-19(35(2,31)32)12-21(20)28-25(27-16)29-11-5-6-17(14-29)24(30)26-13-18-15-33-22-7-3-4-8-23(22)34-18/h3-4,7-10,12,17-18H,5-6,11,13-15H2,1-2H3,(H,26,30). The number of carbonyl (C=O) groups is 1. The number of hydrogen-bond acceptors (Lipinski definition) is 8. The van der Waals surface area contributed by atoms with Gasteiger partial charge in [-0.3, -0.25) is 4.79 Å². The van der Waals surface area contributed by atoms with Gasteiger partial charge in [-0.2, -0.15) is 0 Å². The molecule has 9 nitrogen and oxygen atoms in total. The molecule has 0 radical (unpaired) electrons. The molecule has 2 unspecified atom stereocenters. The molecule has 3 aromatic rings. The van der Waals surface area contributed by atoms with Crippen molar-refractivity contribution >= 4 is 32.6 Å². The molecule has 1 saturated heterocycles. The summed E-state index contributed by atoms with van der Waals surface area (Å²) < 4.78 is 35.6. The predicted octanol–water partition coefficient (Wildman–Crippen LogP) is 2.51. The third-order valence-corrected chi connectivity index (χ3v) is 7.53. The fourth-order valence-corrected chi connectivity index (χ4v) is 5.16. The van der Waals surface area contributed by atoms with Crippen LogP contribution in [0.1, 0.15) is 18.5 Å². The zero-order valence-electron chi connectivity index (χ0n) is 19.7. The highest BCUT2D eigenvalue weighted by Crippen LogP contribution is 2.31. The Morgan fingerprint density at radius 2 is 1.97 bits per heavy atom. The van der Waals surface area contributed by atoms with E-state index < -0.39 is 9.84 Å². The van der Waals surface area contributed by atoms with E-state index in [9.17, 15) is 13.2 Å². The fraction of sp³-hybridized carbons (Fsp3) is 0.400. The van der Waals surface area contributed by atoms with Crippen LogP contribution in [-0.4, -0.2) is 62.9 Å². The van der Waals surface area contributed by atoms with Gasteiger partial charge < -0.3 is 19.7 Å². The van der Waals surface area contributed by atoms with E-state index in [1.165, 1.54) is 6.26 Å². The molecule has 10 heteroatoms. The summed E-state index contributed by atoms with van der Waals surface area (Å²) in [5.74, 6) is 1.67. The van der Waals surface area contributed by atoms with Crippen LogP contribution in [0, 0.1) is 12.8 Å². The van der Waals surface area contributed by atoms with Crippen molar-refractivity contribution in [2.45, 2.75) is 30.8 Å². The molecule has 35 heavy (non-hydrogen) atoms. The maximum atomic E-state index is 13.0. The third-order valence-electron chi connectivity index (χ3n) is 6.42. The number of anilines is 1. The number of fused-ring (bicyclic) bond motifs is 2. The van der Waals surface area contributed by atoms with Gasteiger partial charge in [-0.05, 0) is 50.1 Å². The molecule has 1 aromatic heterocycles. The normalized spacial score (nSPS) is 20.0. The second-order valence-electron chi connectivity index (χ2n) is 9.09. The molecule has 0 bridgehead atoms. The summed E-state index contributed by atoms with van der Waals surface area (Å²) in [5.41, 5.74) is 1.35. The van der Waals surface area contributed by atoms with Gasteiger partial charge in [0, 0.05) is 24.7 Å². The summed E-state index contributed by atoms with van der Waals surface area (Å²) in [6.07, 6.45) is 2.54. The molecule has 2 atom stereocenters. The highest BCUT2D eigenvalue weighted by atomic mass is 32.2. The van der Waals surface area contributed by atoms with Crippen LogP contribution in [0.2, 0.25) is 0 Å². The van der Waals surface area contributed by atoms with Crippen LogP contribution in [0.5, 0.6) is 11.5 Å². The number of hydrogen-bond donors (Lipinski definition) is 1. The van der Waals surface area contributed by atoms with Gasteiger partial charge in [0.15, 0.2) is 21.3 Å². The van der Waals surface area contributed by atoms with Crippen LogP contribution in [0.25, 0.3) is 10.9 Å². The molecule has 184 valence electrons. The number of nitrogens with one attached hydrogen (secondary N) is 1. The molecule has 1 amide bonds. The first-order valence-electron chi connectivity index (χ1n) is 11.7. The molecule has 1 N–H and O–H groups in total. The topological polar surface area (TPSA) is 111 Å². The Balaban J connectivity index is 1.26. The van der Waals surface area contributed by atoms with E-state index in [2.05, 4.69) is 15.3 Å². The van der Waals surface area contributed by atoms with Gasteiger partial charge in [0.2, 0.25) is 11.9 Å². The lowest BCUT2D eigenvalue weighted by Crippen LogP contribution is -2.47. The van der Waals surface area contributed by atoms with Gasteiger partial charge in [0.25, 0.3) is 0 Å². The lowest BCUT2D eigenvalue weighted by atomic mass is 9.97. The summed E-state index contributed by atoms with van der Waals surface area (Å²) in [7, 11) is -3.34. The Bertz CT molecular complexity index is 1380. The Morgan fingerprint density at radius 3 is 2.77 bits per heavy atom. The van der Waals surface area contributed by atoms with Gasteiger partial charge in [0.1, 0.15) is 12.7 Å². The largest absolute Gasteiger partial charge is 0.486 e. The van der Waals surface area contributed by atoms with Crippen molar-refractivity contribution in [2.75, 3.05) is 37.4 Å². The first-order valence-corrected chi connectivity index (χ1v) is 13.6. The molecule has 0 spiro atoms. The summed E-state index contributed by atoms with van der Waals surface area (Å²) in [5, 5.41) is 3.82. The first kappa shape index (κ1) is 23.3. The Labute approximate surface area is 204 Å². The second-order valence-corrected chi connectivity index (χ2v) is 11.1. The smallest absolute Gasteiger partial charge is 0.226 e. The van der Waals surface area contributed by atoms with Crippen molar-refractivity contribution in [3.63, 3.8) is 0 Å². The van der Waals surface area contributed by atoms with Crippen LogP contribution in [-0.2, 0) is 14.6 Å². The van der Waals surface area contributed by atoms with E-state index in [0.717, 1.165) is 30.5 Å². The van der Waals surface area contributed by atoms with Crippen molar-refractivity contribution in [3.05, 3.63) is 48.2 Å². The molecular weight excluding hydrogens is 468 g/mol. The molecule has 2 aromatic carbocycles. The first-order chi connectivity index (χ1) is 16.8. The maximum absolute atomic E-state index is 13.0. The summed E-state index contributed by atoms with van der Waals surface area (Å²) in [6.45, 7) is 3.85. The molecule has 2 aliphatic heterocycles. The van der Waals surface area contributed by atoms with Crippen molar-refractivity contribution in [3.8, 4) is 11.5 Å². The highest BCUT2D eigenvalue weighted by molar-refractivity contribution is 7.90. The lowest BCUT2D eigenvalue weighted by molar-refractivity contribution is -0.125. The lowest BCUT2D eigenvalue weighted by Gasteiger charge is -2.33. The number of nitrogens with zero attached hydrogens (tertiary/aromatic N) is 3. The molecule has 0 saturated carbocycles. The van der Waals surface area contributed by atoms with E-state index in [0.29, 0.717) is 42.7 Å². The van der Waals surface area contributed by atoms with Gasteiger partial charge in [-0.15, -0.1) is 0 Å². The Hall–Kier alpha value is -3.40. The minimum atomic E-state index is -3.34. The zero-order valence-corrected chi connectivity index (χ0v) is 20.5. The van der Waals surface area contributed by atoms with E-state index >= 15 is 0 Å². The number of benzene rings is 2. The molecule has 1 fully saturated rings. The number of aryl methyl sites for hydroxylation is 1. The maximum Gasteiger partial charge on any atom is 0.226 e. The Kier molecular flexibility index (Phi) is 6.22. The monoisotopic (exact) mass is 496 g/mol. The van der Waals surface area contributed by atoms with Gasteiger partial charge in [-0.25, -0.2) is 18.4 Å². The fourth-order valence-electron chi connectivity index (χ4n) is 4.52. The van der Waals surface area contributed by atoms with Crippen LogP contribution in [0.3, 0.4) is 0 Å². The summed E-state index contributed by atoms with van der Waals surface area (Å²) in [6, 6.07) is 12.4. The van der Waals surface area contributed by atoms with Crippen LogP contribution in [0.15, 0.2) is 47.4 Å². The molecule has 5 rings (SSSR count). The van der Waals surface area contributed by atoms with Crippen molar-refractivity contribution in [2.24, 2.45) is 5.92 Å². The van der Waals surface area contributed by atoms with Crippen LogP contribution >= 0.6 is 0 Å². The minimum Gasteiger partial charge on any atom is -0.486 e. The Morgan fingerprint density at radius 1 is 1.17 bits per heavy atom. The number of para-hydroxylation sites is 2. The van der Waals surface area contributed by atoms with Crippen LogP contribution < -0.4 is 19.7 Å². The van der Waals surface area contributed by atoms with Crippen molar-refractivity contribution < 1.29 is 22.7 Å². The average Bonchev–Trinajstić information content (AvgIpc) is 2.86. The molecule has 3 heterocycles. The number of carbonyl (C=O) groups excluding carboxylic acids is 1. The number of amides is 1. The highest BCUT2D eigenvalue weighted by Gasteiger charge is 2.29. The number of rotatable bonds is 5. The van der Waals surface area contributed by atoms with Crippen molar-refractivity contribution in [1.82, 2.24) is 15.3 Å². The minimum absolute atomic E-state index is 0.0333.